The molecule has 7 heteroatoms. The van der Waals surface area contributed by atoms with Gasteiger partial charge in [0, 0.05) is 17.6 Å². The Morgan fingerprint density at radius 1 is 1.17 bits per heavy atom. The Labute approximate surface area is 109 Å². The van der Waals surface area contributed by atoms with Gasteiger partial charge in [-0.05, 0) is 6.07 Å². The average molecular weight is 284 g/mol. The molecular weight excluding hydrogens is 280 g/mol. The Hall–Kier alpha value is -1.66. The van der Waals surface area contributed by atoms with Crippen molar-refractivity contribution in [3.63, 3.8) is 0 Å². The molecule has 0 N–H and O–H groups in total. The number of halogens is 3. The molecule has 0 fully saturated rings. The van der Waals surface area contributed by atoms with Gasteiger partial charge in [-0.25, -0.2) is 18.7 Å². The van der Waals surface area contributed by atoms with E-state index in [1.807, 2.05) is 0 Å². The van der Waals surface area contributed by atoms with E-state index in [0.29, 0.717) is 4.88 Å². The first kappa shape index (κ1) is 11.4. The van der Waals surface area contributed by atoms with Crippen molar-refractivity contribution >= 4 is 33.8 Å². The molecule has 0 atom stereocenters. The average Bonchev–Trinajstić information content (AvgIpc) is 2.83. The summed E-state index contributed by atoms with van der Waals surface area (Å²) in [5.41, 5.74) is 1.61. The summed E-state index contributed by atoms with van der Waals surface area (Å²) < 4.78 is 26.7. The molecule has 0 amide bonds. The third-order valence-electron chi connectivity index (χ3n) is 2.32. The van der Waals surface area contributed by atoms with Gasteiger partial charge in [0.2, 0.25) is 0 Å². The summed E-state index contributed by atoms with van der Waals surface area (Å²) in [5, 5.41) is 0.171. The van der Waals surface area contributed by atoms with Gasteiger partial charge in [0.25, 0.3) is 0 Å². The second-order valence-corrected chi connectivity index (χ2v) is 4.73. The number of hydrogen-bond donors (Lipinski definition) is 0. The monoisotopic (exact) mass is 283 g/mol. The van der Waals surface area contributed by atoms with Gasteiger partial charge in [0.1, 0.15) is 16.5 Å². The minimum absolute atomic E-state index is 0.000185. The van der Waals surface area contributed by atoms with Crippen LogP contribution in [0, 0.1) is 11.6 Å². The van der Waals surface area contributed by atoms with Crippen LogP contribution in [0.3, 0.4) is 0 Å². The summed E-state index contributed by atoms with van der Waals surface area (Å²) in [6.07, 6.45) is 1.56. The summed E-state index contributed by atoms with van der Waals surface area (Å²) in [5.74, 6) is -1.20. The van der Waals surface area contributed by atoms with Crippen molar-refractivity contribution in [2.24, 2.45) is 0 Å². The maximum Gasteiger partial charge on any atom is 0.173 e. The molecule has 0 bridgehead atoms. The molecule has 0 saturated carbocycles. The molecule has 0 spiro atoms. The fourth-order valence-corrected chi connectivity index (χ4v) is 2.34. The van der Waals surface area contributed by atoms with Crippen LogP contribution in [0.4, 0.5) is 8.78 Å². The fraction of sp³-hybridized carbons (Fsp3) is 0. The number of thiazole rings is 1. The Morgan fingerprint density at radius 2 is 2.00 bits per heavy atom. The van der Waals surface area contributed by atoms with Crippen molar-refractivity contribution in [2.75, 3.05) is 0 Å². The van der Waals surface area contributed by atoms with E-state index in [2.05, 4.69) is 15.0 Å². The molecule has 0 saturated heterocycles. The highest BCUT2D eigenvalue weighted by molar-refractivity contribution is 7.13. The van der Waals surface area contributed by atoms with E-state index in [-0.39, 0.29) is 21.9 Å². The maximum atomic E-state index is 13.6. The summed E-state index contributed by atoms with van der Waals surface area (Å²) in [6, 6.07) is 1.87. The molecule has 3 aromatic rings. The number of aromatic nitrogens is 3. The van der Waals surface area contributed by atoms with E-state index >= 15 is 0 Å². The molecule has 3 rings (SSSR count). The van der Waals surface area contributed by atoms with Crippen LogP contribution in [0.1, 0.15) is 0 Å². The first-order valence-electron chi connectivity index (χ1n) is 4.86. The van der Waals surface area contributed by atoms with Crippen LogP contribution in [-0.4, -0.2) is 15.0 Å². The molecule has 1 aromatic carbocycles. The number of benzene rings is 1. The molecule has 2 heterocycles. The normalized spacial score (nSPS) is 11.1. The lowest BCUT2D eigenvalue weighted by molar-refractivity contribution is 0.590. The molecule has 0 aliphatic rings. The van der Waals surface area contributed by atoms with E-state index in [9.17, 15) is 8.78 Å². The topological polar surface area (TPSA) is 38.7 Å². The van der Waals surface area contributed by atoms with Gasteiger partial charge in [-0.15, -0.1) is 11.3 Å². The van der Waals surface area contributed by atoms with E-state index < -0.39 is 11.6 Å². The predicted molar refractivity (Wildman–Crippen MR) is 65.6 cm³/mol. The summed E-state index contributed by atoms with van der Waals surface area (Å²) >= 11 is 7.23. The molecule has 0 radical (unpaired) electrons. The standard InChI is InChI=1S/C11H4ClF2N3S/c12-10-6-1-5(13)2-7(14)9(6)16-11(17-10)8-3-15-4-18-8/h1-4H. The van der Waals surface area contributed by atoms with Crippen molar-refractivity contribution in [1.29, 1.82) is 0 Å². The summed E-state index contributed by atoms with van der Waals surface area (Å²) in [7, 11) is 0. The van der Waals surface area contributed by atoms with Crippen LogP contribution in [0.2, 0.25) is 5.15 Å². The second-order valence-electron chi connectivity index (χ2n) is 3.49. The molecular formula is C11H4ClF2N3S. The highest BCUT2D eigenvalue weighted by Crippen LogP contribution is 2.28. The zero-order valence-electron chi connectivity index (χ0n) is 8.69. The van der Waals surface area contributed by atoms with E-state index in [4.69, 9.17) is 11.6 Å². The SMILES string of the molecule is Fc1cc(F)c2nc(-c3cncs3)nc(Cl)c2c1. The van der Waals surface area contributed by atoms with Crippen LogP contribution in [0.25, 0.3) is 21.6 Å². The van der Waals surface area contributed by atoms with E-state index in [1.54, 1.807) is 11.7 Å². The lowest BCUT2D eigenvalue weighted by Gasteiger charge is -2.03. The second kappa shape index (κ2) is 4.22. The van der Waals surface area contributed by atoms with Crippen LogP contribution >= 0.6 is 22.9 Å². The Bertz CT molecular complexity index is 731. The summed E-state index contributed by atoms with van der Waals surface area (Å²) in [6.45, 7) is 0. The molecule has 0 aliphatic carbocycles. The van der Waals surface area contributed by atoms with Crippen LogP contribution in [0.15, 0.2) is 23.8 Å². The Kier molecular flexibility index (Phi) is 2.68. The third kappa shape index (κ3) is 1.83. The van der Waals surface area contributed by atoms with Gasteiger partial charge < -0.3 is 0 Å². The van der Waals surface area contributed by atoms with Crippen LogP contribution < -0.4 is 0 Å². The van der Waals surface area contributed by atoms with Gasteiger partial charge in [0.15, 0.2) is 11.6 Å². The Morgan fingerprint density at radius 3 is 2.72 bits per heavy atom. The molecule has 0 aliphatic heterocycles. The van der Waals surface area contributed by atoms with E-state index in [1.165, 1.54) is 11.3 Å². The van der Waals surface area contributed by atoms with Crippen molar-refractivity contribution < 1.29 is 8.78 Å². The number of hydrogen-bond acceptors (Lipinski definition) is 4. The molecule has 18 heavy (non-hydrogen) atoms. The fourth-order valence-electron chi connectivity index (χ4n) is 1.56. The van der Waals surface area contributed by atoms with Crippen LogP contribution in [-0.2, 0) is 0 Å². The largest absolute Gasteiger partial charge is 0.252 e. The molecule has 2 aromatic heterocycles. The van der Waals surface area contributed by atoms with Crippen molar-refractivity contribution in [1.82, 2.24) is 15.0 Å². The van der Waals surface area contributed by atoms with Gasteiger partial charge in [-0.1, -0.05) is 11.6 Å². The van der Waals surface area contributed by atoms with Crippen molar-refractivity contribution in [2.45, 2.75) is 0 Å². The lowest BCUT2D eigenvalue weighted by atomic mass is 10.2. The summed E-state index contributed by atoms with van der Waals surface area (Å²) in [4.78, 5) is 12.6. The Balaban J connectivity index is 2.34. The molecule has 3 nitrogen and oxygen atoms in total. The number of nitrogens with zero attached hydrogens (tertiary/aromatic N) is 3. The van der Waals surface area contributed by atoms with Gasteiger partial charge in [0.05, 0.1) is 10.4 Å². The molecule has 90 valence electrons. The van der Waals surface area contributed by atoms with Gasteiger partial charge >= 0.3 is 0 Å². The smallest absolute Gasteiger partial charge is 0.173 e. The zero-order valence-corrected chi connectivity index (χ0v) is 10.3. The van der Waals surface area contributed by atoms with Crippen molar-refractivity contribution in [3.8, 4) is 10.7 Å². The van der Waals surface area contributed by atoms with E-state index in [0.717, 1.165) is 12.1 Å². The number of rotatable bonds is 1. The first-order chi connectivity index (χ1) is 8.65. The predicted octanol–water partition coefficient (Wildman–Crippen LogP) is 3.68. The van der Waals surface area contributed by atoms with Gasteiger partial charge in [-0.2, -0.15) is 0 Å². The minimum Gasteiger partial charge on any atom is -0.252 e. The number of fused-ring (bicyclic) bond motifs is 1. The lowest BCUT2D eigenvalue weighted by Crippen LogP contribution is -1.94. The van der Waals surface area contributed by atoms with Crippen LogP contribution in [0.5, 0.6) is 0 Å². The molecule has 0 unspecified atom stereocenters. The highest BCUT2D eigenvalue weighted by Gasteiger charge is 2.13. The quantitative estimate of drug-likeness (QED) is 0.639. The highest BCUT2D eigenvalue weighted by atomic mass is 35.5. The zero-order chi connectivity index (χ0) is 12.7. The maximum absolute atomic E-state index is 13.6. The first-order valence-corrected chi connectivity index (χ1v) is 6.12. The minimum atomic E-state index is -0.764. The van der Waals surface area contributed by atoms with Gasteiger partial charge in [-0.3, -0.25) is 4.98 Å². The third-order valence-corrected chi connectivity index (χ3v) is 3.38. The van der Waals surface area contributed by atoms with Crippen molar-refractivity contribution in [3.05, 3.63) is 40.6 Å².